The molecule has 2 aliphatic rings. The van der Waals surface area contributed by atoms with Crippen LogP contribution in [-0.4, -0.2) is 72.3 Å². The second-order valence-electron chi connectivity index (χ2n) is 8.66. The summed E-state index contributed by atoms with van der Waals surface area (Å²) in [5.74, 6) is -0.506. The quantitative estimate of drug-likeness (QED) is 0.520. The minimum atomic E-state index is -0.698. The number of nitrogens with zero attached hydrogens (tertiary/aromatic N) is 5. The Morgan fingerprint density at radius 1 is 1.29 bits per heavy atom. The van der Waals surface area contributed by atoms with E-state index in [4.69, 9.17) is 9.47 Å². The number of carbonyl (C=O) groups is 1. The molecule has 3 aromatic rings. The number of halogens is 1. The van der Waals surface area contributed by atoms with E-state index in [0.717, 1.165) is 13.1 Å². The number of likely N-dealkylation sites (N-methyl/N-ethyl adjacent to an activating group) is 1. The third-order valence-electron chi connectivity index (χ3n) is 6.33. The molecular formula is C23H26FN7O4. The number of aromatic nitrogens is 3. The van der Waals surface area contributed by atoms with Crippen LogP contribution >= 0.6 is 0 Å². The van der Waals surface area contributed by atoms with Crippen LogP contribution in [0.4, 0.5) is 16.0 Å². The van der Waals surface area contributed by atoms with Gasteiger partial charge in [0.05, 0.1) is 24.1 Å². The van der Waals surface area contributed by atoms with E-state index < -0.39 is 17.2 Å². The van der Waals surface area contributed by atoms with Gasteiger partial charge in [0.15, 0.2) is 11.6 Å². The molecule has 1 atom stereocenters. The molecule has 0 saturated carbocycles. The molecule has 1 aromatic carbocycles. The average Bonchev–Trinajstić information content (AvgIpc) is 2.86. The van der Waals surface area contributed by atoms with Crippen molar-refractivity contribution in [2.45, 2.75) is 13.0 Å². The molecule has 2 N–H and O–H groups in total. The maximum atomic E-state index is 15.4. The van der Waals surface area contributed by atoms with E-state index >= 15 is 4.39 Å². The zero-order chi connectivity index (χ0) is 24.7. The van der Waals surface area contributed by atoms with Gasteiger partial charge in [-0.1, -0.05) is 0 Å². The highest BCUT2D eigenvalue weighted by molar-refractivity contribution is 6.00. The summed E-state index contributed by atoms with van der Waals surface area (Å²) in [6.45, 7) is 5.08. The van der Waals surface area contributed by atoms with E-state index in [1.165, 1.54) is 25.6 Å². The smallest absolute Gasteiger partial charge is 0.275 e. The lowest BCUT2D eigenvalue weighted by Crippen LogP contribution is -2.45. The molecule has 11 nitrogen and oxygen atoms in total. The van der Waals surface area contributed by atoms with Crippen LogP contribution in [0.15, 0.2) is 29.3 Å². The lowest BCUT2D eigenvalue weighted by Gasteiger charge is -2.37. The Kier molecular flexibility index (Phi) is 5.89. The minimum Gasteiger partial charge on any atom is -0.487 e. The van der Waals surface area contributed by atoms with Gasteiger partial charge in [0.2, 0.25) is 17.3 Å². The number of carbonyl (C=O) groups excluding carboxylic acids is 1. The number of benzene rings is 1. The molecule has 184 valence electrons. The van der Waals surface area contributed by atoms with Crippen molar-refractivity contribution in [1.82, 2.24) is 24.9 Å². The monoisotopic (exact) mass is 483 g/mol. The SMILES string of the molecule is COc1ccnc(NNC(=O)c2cn3c4c(c(N5CCN(C)CC5)c(F)cc4c2=O)OCC3C)n1. The first-order valence-corrected chi connectivity index (χ1v) is 11.3. The third kappa shape index (κ3) is 4.09. The number of piperazine rings is 1. The first-order valence-electron chi connectivity index (χ1n) is 11.3. The summed E-state index contributed by atoms with van der Waals surface area (Å²) in [7, 11) is 3.48. The summed E-state index contributed by atoms with van der Waals surface area (Å²) >= 11 is 0. The molecule has 4 heterocycles. The zero-order valence-corrected chi connectivity index (χ0v) is 19.7. The topological polar surface area (TPSA) is 114 Å². The average molecular weight is 484 g/mol. The van der Waals surface area contributed by atoms with Crippen molar-refractivity contribution in [3.8, 4) is 11.6 Å². The Morgan fingerprint density at radius 2 is 2.06 bits per heavy atom. The van der Waals surface area contributed by atoms with E-state index in [9.17, 15) is 9.59 Å². The van der Waals surface area contributed by atoms with Gasteiger partial charge in [0.25, 0.3) is 5.91 Å². The molecule has 5 rings (SSSR count). The molecule has 2 aromatic heterocycles. The van der Waals surface area contributed by atoms with Crippen molar-refractivity contribution in [3.63, 3.8) is 0 Å². The molecular weight excluding hydrogens is 457 g/mol. The van der Waals surface area contributed by atoms with Crippen molar-refractivity contribution in [1.29, 1.82) is 0 Å². The molecule has 35 heavy (non-hydrogen) atoms. The molecule has 0 spiro atoms. The number of pyridine rings is 1. The molecule has 1 fully saturated rings. The van der Waals surface area contributed by atoms with Crippen LogP contribution in [-0.2, 0) is 0 Å². The van der Waals surface area contributed by atoms with Crippen molar-refractivity contribution < 1.29 is 18.7 Å². The molecule has 12 heteroatoms. The van der Waals surface area contributed by atoms with E-state index in [2.05, 4.69) is 25.7 Å². The lowest BCUT2D eigenvalue weighted by molar-refractivity contribution is 0.0960. The van der Waals surface area contributed by atoms with Gasteiger partial charge in [-0.3, -0.25) is 20.4 Å². The minimum absolute atomic E-state index is 0.0897. The van der Waals surface area contributed by atoms with Crippen LogP contribution in [0.3, 0.4) is 0 Å². The summed E-state index contributed by atoms with van der Waals surface area (Å²) in [5, 5.41) is 0.0900. The number of anilines is 2. The van der Waals surface area contributed by atoms with Gasteiger partial charge < -0.3 is 23.8 Å². The molecule has 0 radical (unpaired) electrons. The van der Waals surface area contributed by atoms with E-state index in [1.54, 1.807) is 6.07 Å². The van der Waals surface area contributed by atoms with Crippen LogP contribution in [0.2, 0.25) is 0 Å². The number of methoxy groups -OCH3 is 1. The van der Waals surface area contributed by atoms with Crippen LogP contribution < -0.4 is 30.7 Å². The fourth-order valence-electron chi connectivity index (χ4n) is 4.39. The van der Waals surface area contributed by atoms with Crippen LogP contribution in [0.25, 0.3) is 10.9 Å². The summed E-state index contributed by atoms with van der Waals surface area (Å²) in [6, 6.07) is 2.60. The molecule has 1 unspecified atom stereocenters. The predicted molar refractivity (Wildman–Crippen MR) is 128 cm³/mol. The van der Waals surface area contributed by atoms with Crippen molar-refractivity contribution >= 4 is 28.4 Å². The second-order valence-corrected chi connectivity index (χ2v) is 8.66. The first-order chi connectivity index (χ1) is 16.9. The fraction of sp³-hybridized carbons (Fsp3) is 0.391. The number of hydrazine groups is 1. The second kappa shape index (κ2) is 9.02. The number of hydrogen-bond donors (Lipinski definition) is 2. The van der Waals surface area contributed by atoms with Gasteiger partial charge in [-0.2, -0.15) is 4.98 Å². The van der Waals surface area contributed by atoms with E-state index in [0.29, 0.717) is 35.9 Å². The summed E-state index contributed by atoms with van der Waals surface area (Å²) < 4.78 is 28.3. The Morgan fingerprint density at radius 3 is 2.80 bits per heavy atom. The highest BCUT2D eigenvalue weighted by Gasteiger charge is 2.31. The lowest BCUT2D eigenvalue weighted by atomic mass is 10.0. The number of hydrogen-bond acceptors (Lipinski definition) is 9. The van der Waals surface area contributed by atoms with Gasteiger partial charge in [-0.25, -0.2) is 9.37 Å². The van der Waals surface area contributed by atoms with Gasteiger partial charge in [0, 0.05) is 44.6 Å². The number of rotatable bonds is 5. The fourth-order valence-corrected chi connectivity index (χ4v) is 4.39. The van der Waals surface area contributed by atoms with Crippen LogP contribution in [0.1, 0.15) is 23.3 Å². The summed E-state index contributed by atoms with van der Waals surface area (Å²) in [6.07, 6.45) is 2.95. The molecule has 0 aliphatic carbocycles. The Balaban J connectivity index is 1.54. The zero-order valence-electron chi connectivity index (χ0n) is 19.7. The standard InChI is InChI=1S/C23H26FN7O4/c1-13-12-35-21-18-14(10-16(24)19(21)30-8-6-29(2)7-9-30)20(32)15(11-31(13)18)22(33)27-28-23-25-5-4-17(26-23)34-3/h4-5,10-11,13H,6-9,12H2,1-3H3,(H,27,33)(H,25,26,28). The van der Waals surface area contributed by atoms with Gasteiger partial charge in [-0.05, 0) is 20.0 Å². The predicted octanol–water partition coefficient (Wildman–Crippen LogP) is 1.40. The summed E-state index contributed by atoms with van der Waals surface area (Å²) in [5.41, 5.74) is 5.13. The highest BCUT2D eigenvalue weighted by Crippen LogP contribution is 2.42. The van der Waals surface area contributed by atoms with Gasteiger partial charge in [0.1, 0.15) is 17.9 Å². The molecule has 1 amide bonds. The van der Waals surface area contributed by atoms with E-state index in [1.807, 2.05) is 23.4 Å². The largest absolute Gasteiger partial charge is 0.487 e. The molecule has 0 bridgehead atoms. The van der Waals surface area contributed by atoms with Crippen molar-refractivity contribution in [2.75, 3.05) is 57.3 Å². The van der Waals surface area contributed by atoms with Crippen LogP contribution in [0.5, 0.6) is 11.6 Å². The third-order valence-corrected chi connectivity index (χ3v) is 6.33. The Bertz CT molecular complexity index is 1350. The molecule has 1 saturated heterocycles. The number of nitrogens with one attached hydrogen (secondary N) is 2. The molecule has 2 aliphatic heterocycles. The maximum absolute atomic E-state index is 15.4. The first kappa shape index (κ1) is 22.8. The van der Waals surface area contributed by atoms with Crippen LogP contribution in [0, 0.1) is 5.82 Å². The number of amides is 1. The number of ether oxygens (including phenoxy) is 2. The Labute approximate surface area is 200 Å². The maximum Gasteiger partial charge on any atom is 0.275 e. The van der Waals surface area contributed by atoms with Crippen molar-refractivity contribution in [2.24, 2.45) is 0 Å². The normalized spacial score (nSPS) is 17.7. The van der Waals surface area contributed by atoms with Gasteiger partial charge in [-0.15, -0.1) is 0 Å². The van der Waals surface area contributed by atoms with E-state index in [-0.39, 0.29) is 29.5 Å². The summed E-state index contributed by atoms with van der Waals surface area (Å²) in [4.78, 5) is 38.4. The van der Waals surface area contributed by atoms with Gasteiger partial charge >= 0.3 is 0 Å². The van der Waals surface area contributed by atoms with Crippen molar-refractivity contribution in [3.05, 3.63) is 46.1 Å². The highest BCUT2D eigenvalue weighted by atomic mass is 19.1. The Hall–Kier alpha value is -3.93.